The van der Waals surface area contributed by atoms with Crippen molar-refractivity contribution < 1.29 is 32.9 Å². The van der Waals surface area contributed by atoms with Gasteiger partial charge in [0.1, 0.15) is 11.6 Å². The van der Waals surface area contributed by atoms with Crippen molar-refractivity contribution in [1.82, 2.24) is 4.90 Å². The second kappa shape index (κ2) is 12.3. The minimum absolute atomic E-state index is 0.0597. The molecule has 0 unspecified atom stereocenters. The number of unbranched alkanes of at least 4 members (excludes halogenated alkanes) is 1. The van der Waals surface area contributed by atoms with Crippen LogP contribution in [0.3, 0.4) is 0 Å². The molecule has 0 saturated heterocycles. The normalized spacial score (nSPS) is 12.8. The van der Waals surface area contributed by atoms with Crippen molar-refractivity contribution in [3.63, 3.8) is 0 Å². The first kappa shape index (κ1) is 28.9. The number of amidine groups is 1. The zero-order chi connectivity index (χ0) is 28.0. The summed E-state index contributed by atoms with van der Waals surface area (Å²) in [6.07, 6.45) is 1.73. The number of methoxy groups -OCH3 is 2. The van der Waals surface area contributed by atoms with Crippen molar-refractivity contribution in [2.75, 3.05) is 34.0 Å². The molecule has 0 aliphatic carbocycles. The largest absolute Gasteiger partial charge is 0.493 e. The highest BCUT2D eigenvalue weighted by molar-refractivity contribution is 6.05. The Balaban J connectivity index is 1.71. The monoisotopic (exact) mass is 528 g/mol. The first-order valence-corrected chi connectivity index (χ1v) is 12.7. The molecule has 0 saturated carbocycles. The maximum atomic E-state index is 15.1. The lowest BCUT2D eigenvalue weighted by molar-refractivity contribution is -0.143. The van der Waals surface area contributed by atoms with Crippen LogP contribution in [0.4, 0.5) is 4.39 Å². The minimum Gasteiger partial charge on any atom is -0.493 e. The van der Waals surface area contributed by atoms with Gasteiger partial charge in [0.25, 0.3) is 0 Å². The summed E-state index contributed by atoms with van der Waals surface area (Å²) in [4.78, 5) is 26.3. The van der Waals surface area contributed by atoms with E-state index in [9.17, 15) is 9.59 Å². The van der Waals surface area contributed by atoms with Gasteiger partial charge in [0.2, 0.25) is 0 Å². The molecule has 9 heteroatoms. The van der Waals surface area contributed by atoms with Crippen LogP contribution in [-0.2, 0) is 21.5 Å². The molecule has 0 atom stereocenters. The smallest absolute Gasteiger partial charge is 0.305 e. The summed E-state index contributed by atoms with van der Waals surface area (Å²) in [5.74, 6) is -0.250. The fraction of sp³-hybridized carbons (Fsp3) is 0.483. The molecular formula is C29H37FN2O6. The van der Waals surface area contributed by atoms with E-state index in [0.29, 0.717) is 49.4 Å². The summed E-state index contributed by atoms with van der Waals surface area (Å²) in [5, 5.41) is 8.51. The van der Waals surface area contributed by atoms with Gasteiger partial charge in [-0.2, -0.15) is 0 Å². The molecule has 0 radical (unpaired) electrons. The van der Waals surface area contributed by atoms with Gasteiger partial charge in [-0.1, -0.05) is 20.8 Å². The molecule has 8 nitrogen and oxygen atoms in total. The van der Waals surface area contributed by atoms with Crippen molar-refractivity contribution in [3.8, 4) is 17.2 Å². The van der Waals surface area contributed by atoms with Crippen LogP contribution in [-0.4, -0.2) is 56.5 Å². The van der Waals surface area contributed by atoms with E-state index in [4.69, 9.17) is 24.4 Å². The zero-order valence-electron chi connectivity index (χ0n) is 23.0. The third kappa shape index (κ3) is 6.44. The van der Waals surface area contributed by atoms with E-state index in [-0.39, 0.29) is 53.2 Å². The fourth-order valence-corrected chi connectivity index (χ4v) is 4.43. The Bertz CT molecular complexity index is 1200. The van der Waals surface area contributed by atoms with Crippen LogP contribution in [0.2, 0.25) is 0 Å². The van der Waals surface area contributed by atoms with Crippen LogP contribution in [0, 0.1) is 11.2 Å². The molecule has 1 aliphatic rings. The highest BCUT2D eigenvalue weighted by Crippen LogP contribution is 2.38. The molecule has 38 heavy (non-hydrogen) atoms. The molecule has 206 valence electrons. The van der Waals surface area contributed by atoms with Crippen LogP contribution in [0.5, 0.6) is 17.2 Å². The van der Waals surface area contributed by atoms with Crippen molar-refractivity contribution in [1.29, 1.82) is 5.41 Å². The molecule has 1 aliphatic heterocycles. The quantitative estimate of drug-likeness (QED) is 0.227. The number of carbonyl (C=O) groups is 2. The van der Waals surface area contributed by atoms with Crippen LogP contribution in [0.15, 0.2) is 24.3 Å². The van der Waals surface area contributed by atoms with Crippen molar-refractivity contribution in [2.45, 2.75) is 58.9 Å². The number of benzene rings is 2. The van der Waals surface area contributed by atoms with Crippen molar-refractivity contribution in [3.05, 3.63) is 52.3 Å². The molecule has 3 rings (SSSR count). The molecule has 0 bridgehead atoms. The summed E-state index contributed by atoms with van der Waals surface area (Å²) >= 11 is 0. The maximum Gasteiger partial charge on any atom is 0.305 e. The Kier molecular flexibility index (Phi) is 9.36. The average molecular weight is 529 g/mol. The van der Waals surface area contributed by atoms with E-state index in [1.165, 1.54) is 14.2 Å². The zero-order valence-corrected chi connectivity index (χ0v) is 23.0. The van der Waals surface area contributed by atoms with Crippen molar-refractivity contribution in [2.24, 2.45) is 0 Å². The summed E-state index contributed by atoms with van der Waals surface area (Å²) in [5.41, 5.74) is 1.78. The Morgan fingerprint density at radius 2 is 1.82 bits per heavy atom. The van der Waals surface area contributed by atoms with E-state index in [0.717, 1.165) is 5.56 Å². The van der Waals surface area contributed by atoms with E-state index in [1.54, 1.807) is 30.0 Å². The molecule has 1 heterocycles. The molecule has 0 aromatic heterocycles. The maximum absolute atomic E-state index is 15.1. The van der Waals surface area contributed by atoms with Gasteiger partial charge >= 0.3 is 5.97 Å². The molecular weight excluding hydrogens is 491 g/mol. The van der Waals surface area contributed by atoms with Gasteiger partial charge in [0.15, 0.2) is 23.1 Å². The number of rotatable bonds is 12. The van der Waals surface area contributed by atoms with E-state index in [1.807, 2.05) is 26.8 Å². The molecule has 0 spiro atoms. The number of fused-ring (bicyclic) bond motifs is 1. The lowest BCUT2D eigenvalue weighted by Gasteiger charge is -2.24. The van der Waals surface area contributed by atoms with Gasteiger partial charge in [-0.25, -0.2) is 4.39 Å². The van der Waals surface area contributed by atoms with Gasteiger partial charge in [-0.3, -0.25) is 15.0 Å². The number of hydrogen-bond donors (Lipinski definition) is 1. The number of esters is 1. The summed E-state index contributed by atoms with van der Waals surface area (Å²) in [7, 11) is 2.77. The predicted octanol–water partition coefficient (Wildman–Crippen LogP) is 5.28. The third-order valence-corrected chi connectivity index (χ3v) is 6.39. The van der Waals surface area contributed by atoms with Crippen LogP contribution < -0.4 is 14.2 Å². The Morgan fingerprint density at radius 3 is 2.45 bits per heavy atom. The lowest BCUT2D eigenvalue weighted by Crippen LogP contribution is -2.30. The SMILES string of the molecule is CCOC(=O)CCCCOc1ccc(C(=O)CN2Cc3cc(OC)c(OC)c(F)c3C2=N)cc1C(C)(C)C. The summed E-state index contributed by atoms with van der Waals surface area (Å²) in [6.45, 7) is 8.87. The third-order valence-electron chi connectivity index (χ3n) is 6.39. The number of ketones is 1. The second-order valence-electron chi connectivity index (χ2n) is 10.2. The lowest BCUT2D eigenvalue weighted by atomic mass is 9.85. The van der Waals surface area contributed by atoms with E-state index in [2.05, 4.69) is 0 Å². The van der Waals surface area contributed by atoms with Gasteiger partial charge in [0, 0.05) is 24.1 Å². The number of nitrogens with one attached hydrogen (secondary N) is 1. The number of ether oxygens (including phenoxy) is 4. The molecule has 2 aromatic carbocycles. The Hall–Kier alpha value is -3.62. The Morgan fingerprint density at radius 1 is 1.08 bits per heavy atom. The number of carbonyl (C=O) groups excluding carboxylic acids is 2. The molecule has 0 amide bonds. The van der Waals surface area contributed by atoms with Gasteiger partial charge < -0.3 is 23.8 Å². The standard InChI is InChI=1S/C29H37FN2O6/c1-7-37-24(34)10-8-9-13-38-22-12-11-18(14-20(22)29(2,3)4)21(33)17-32-16-19-15-23(35-5)27(36-6)26(30)25(19)28(32)31/h11-12,14-15,31H,7-10,13,16-17H2,1-6H3. The Labute approximate surface area is 223 Å². The van der Waals surface area contributed by atoms with Crippen LogP contribution in [0.1, 0.15) is 74.0 Å². The highest BCUT2D eigenvalue weighted by atomic mass is 19.1. The average Bonchev–Trinajstić information content (AvgIpc) is 3.18. The summed E-state index contributed by atoms with van der Waals surface area (Å²) in [6, 6.07) is 6.98. The first-order chi connectivity index (χ1) is 18.0. The second-order valence-corrected chi connectivity index (χ2v) is 10.2. The fourth-order valence-electron chi connectivity index (χ4n) is 4.43. The van der Waals surface area contributed by atoms with E-state index >= 15 is 4.39 Å². The first-order valence-electron chi connectivity index (χ1n) is 12.7. The predicted molar refractivity (Wildman–Crippen MR) is 142 cm³/mol. The number of halogens is 1. The van der Waals surface area contributed by atoms with Crippen molar-refractivity contribution >= 4 is 17.6 Å². The van der Waals surface area contributed by atoms with Gasteiger partial charge in [0.05, 0.1) is 39.5 Å². The van der Waals surface area contributed by atoms with Crippen LogP contribution in [0.25, 0.3) is 0 Å². The van der Waals surface area contributed by atoms with Gasteiger partial charge in [-0.05, 0) is 55.0 Å². The molecule has 1 N–H and O–H groups in total. The highest BCUT2D eigenvalue weighted by Gasteiger charge is 2.33. The summed E-state index contributed by atoms with van der Waals surface area (Å²) < 4.78 is 36.4. The number of hydrogen-bond acceptors (Lipinski definition) is 7. The van der Waals surface area contributed by atoms with E-state index < -0.39 is 5.82 Å². The van der Waals surface area contributed by atoms with Crippen LogP contribution >= 0.6 is 0 Å². The number of nitrogens with zero attached hydrogens (tertiary/aromatic N) is 1. The molecule has 0 fully saturated rings. The van der Waals surface area contributed by atoms with Gasteiger partial charge in [-0.15, -0.1) is 0 Å². The minimum atomic E-state index is -0.666. The number of Topliss-reactive ketones (excluding diaryl/α,β-unsaturated/α-hetero) is 1. The topological polar surface area (TPSA) is 98.2 Å². The molecule has 2 aromatic rings.